The topological polar surface area (TPSA) is 94.0 Å². The van der Waals surface area contributed by atoms with Gasteiger partial charge < -0.3 is 15.4 Å². The van der Waals surface area contributed by atoms with E-state index in [4.69, 9.17) is 4.74 Å². The zero-order valence-corrected chi connectivity index (χ0v) is 19.7. The molecule has 0 saturated heterocycles. The van der Waals surface area contributed by atoms with Crippen LogP contribution in [0.2, 0.25) is 0 Å². The maximum Gasteiger partial charge on any atom is 0.258 e. The van der Waals surface area contributed by atoms with Crippen LogP contribution in [0, 0.1) is 0 Å². The molecule has 0 saturated carbocycles. The van der Waals surface area contributed by atoms with E-state index in [2.05, 4.69) is 39.5 Å². The molecule has 9 heteroatoms. The lowest BCUT2D eigenvalue weighted by molar-refractivity contribution is -0.123. The average Bonchev–Trinajstić information content (AvgIpc) is 3.24. The predicted molar refractivity (Wildman–Crippen MR) is 133 cm³/mol. The summed E-state index contributed by atoms with van der Waals surface area (Å²) in [6.45, 7) is 5.91. The zero-order chi connectivity index (χ0) is 23.0. The molecular formula is C24H28N6O2S. The molecule has 8 nitrogen and oxygen atoms in total. The van der Waals surface area contributed by atoms with Crippen molar-refractivity contribution in [1.82, 2.24) is 25.1 Å². The van der Waals surface area contributed by atoms with Crippen LogP contribution in [0.4, 0.5) is 5.82 Å². The molecule has 2 aromatic carbocycles. The fourth-order valence-electron chi connectivity index (χ4n) is 3.43. The summed E-state index contributed by atoms with van der Waals surface area (Å²) in [5.41, 5.74) is 0.765. The van der Waals surface area contributed by atoms with Gasteiger partial charge in [-0.05, 0) is 35.1 Å². The van der Waals surface area contributed by atoms with Crippen LogP contribution in [0.15, 0.2) is 53.8 Å². The standard InChI is InChI=1S/C24H28N6O2S/c1-3-11-26-22-20-15-27-30(23(20)29-24(28-22)33-4-2)13-12-25-21(31)16-32-19-10-9-17-7-5-6-8-18(17)14-19/h5-10,14-15H,3-4,11-13,16H2,1-2H3,(H,25,31)(H,26,28,29). The molecule has 33 heavy (non-hydrogen) atoms. The Labute approximate surface area is 197 Å². The van der Waals surface area contributed by atoms with Crippen molar-refractivity contribution in [2.45, 2.75) is 32.0 Å². The quantitative estimate of drug-likeness (QED) is 0.255. The highest BCUT2D eigenvalue weighted by Gasteiger charge is 2.13. The van der Waals surface area contributed by atoms with E-state index in [-0.39, 0.29) is 12.5 Å². The fraction of sp³-hybridized carbons (Fsp3) is 0.333. The molecule has 0 aliphatic rings. The molecule has 4 aromatic rings. The van der Waals surface area contributed by atoms with Gasteiger partial charge in [-0.1, -0.05) is 55.9 Å². The number of nitrogens with one attached hydrogen (secondary N) is 2. The predicted octanol–water partition coefficient (Wildman–Crippen LogP) is 4.11. The van der Waals surface area contributed by atoms with Gasteiger partial charge in [-0.15, -0.1) is 0 Å². The SMILES string of the molecule is CCCNc1nc(SCC)nc2c1cnn2CCNC(=O)COc1ccc2ccccc2c1. The molecule has 0 aliphatic carbocycles. The van der Waals surface area contributed by atoms with Gasteiger partial charge in [0.25, 0.3) is 5.91 Å². The van der Waals surface area contributed by atoms with Crippen molar-refractivity contribution in [3.05, 3.63) is 48.7 Å². The number of carbonyl (C=O) groups excluding carboxylic acids is 1. The molecule has 0 unspecified atom stereocenters. The summed E-state index contributed by atoms with van der Waals surface area (Å²) in [5.74, 6) is 2.19. The van der Waals surface area contributed by atoms with Gasteiger partial charge in [-0.2, -0.15) is 5.10 Å². The van der Waals surface area contributed by atoms with Crippen molar-refractivity contribution in [2.75, 3.05) is 30.8 Å². The van der Waals surface area contributed by atoms with E-state index in [0.717, 1.165) is 51.5 Å². The van der Waals surface area contributed by atoms with E-state index in [1.54, 1.807) is 22.6 Å². The van der Waals surface area contributed by atoms with Crippen LogP contribution in [0.25, 0.3) is 21.8 Å². The summed E-state index contributed by atoms with van der Waals surface area (Å²) >= 11 is 1.59. The van der Waals surface area contributed by atoms with Gasteiger partial charge in [0.1, 0.15) is 11.6 Å². The number of rotatable bonds is 11. The van der Waals surface area contributed by atoms with E-state index >= 15 is 0 Å². The number of thioether (sulfide) groups is 1. The number of carbonyl (C=O) groups is 1. The van der Waals surface area contributed by atoms with Crippen molar-refractivity contribution in [1.29, 1.82) is 0 Å². The van der Waals surface area contributed by atoms with Crippen LogP contribution in [-0.4, -0.2) is 51.1 Å². The maximum absolute atomic E-state index is 12.3. The first-order valence-electron chi connectivity index (χ1n) is 11.2. The van der Waals surface area contributed by atoms with E-state index in [9.17, 15) is 4.79 Å². The fourth-order valence-corrected chi connectivity index (χ4v) is 3.99. The number of fused-ring (bicyclic) bond motifs is 2. The molecular weight excluding hydrogens is 436 g/mol. The third kappa shape index (κ3) is 5.73. The third-order valence-electron chi connectivity index (χ3n) is 5.03. The van der Waals surface area contributed by atoms with Gasteiger partial charge in [-0.3, -0.25) is 4.79 Å². The van der Waals surface area contributed by atoms with Crippen molar-refractivity contribution >= 4 is 45.3 Å². The van der Waals surface area contributed by atoms with Crippen LogP contribution < -0.4 is 15.4 Å². The van der Waals surface area contributed by atoms with Crippen molar-refractivity contribution in [3.8, 4) is 5.75 Å². The molecule has 172 valence electrons. The first kappa shape index (κ1) is 22.8. The lowest BCUT2D eigenvalue weighted by Crippen LogP contribution is -2.31. The normalized spacial score (nSPS) is 11.1. The van der Waals surface area contributed by atoms with Gasteiger partial charge in [0.05, 0.1) is 18.1 Å². The largest absolute Gasteiger partial charge is 0.484 e. The number of nitrogens with zero attached hydrogens (tertiary/aromatic N) is 4. The molecule has 1 amide bonds. The Balaban J connectivity index is 1.34. The van der Waals surface area contributed by atoms with Gasteiger partial charge in [0.15, 0.2) is 17.4 Å². The van der Waals surface area contributed by atoms with E-state index in [0.29, 0.717) is 18.8 Å². The summed E-state index contributed by atoms with van der Waals surface area (Å²) in [4.78, 5) is 21.6. The molecule has 0 bridgehead atoms. The highest BCUT2D eigenvalue weighted by Crippen LogP contribution is 2.24. The molecule has 0 spiro atoms. The number of benzene rings is 2. The zero-order valence-electron chi connectivity index (χ0n) is 18.9. The third-order valence-corrected chi connectivity index (χ3v) is 5.76. The summed E-state index contributed by atoms with van der Waals surface area (Å²) in [6.07, 6.45) is 2.78. The minimum atomic E-state index is -0.179. The molecule has 0 aliphatic heterocycles. The smallest absolute Gasteiger partial charge is 0.258 e. The van der Waals surface area contributed by atoms with Gasteiger partial charge in [-0.25, -0.2) is 14.6 Å². The van der Waals surface area contributed by atoms with Crippen molar-refractivity contribution in [2.24, 2.45) is 0 Å². The Morgan fingerprint density at radius 1 is 1.09 bits per heavy atom. The summed E-state index contributed by atoms with van der Waals surface area (Å²) in [7, 11) is 0. The molecule has 2 heterocycles. The molecule has 2 aromatic heterocycles. The number of hydrogen-bond acceptors (Lipinski definition) is 7. The lowest BCUT2D eigenvalue weighted by atomic mass is 10.1. The molecule has 0 atom stereocenters. The summed E-state index contributed by atoms with van der Waals surface area (Å²) < 4.78 is 7.47. The second-order valence-electron chi connectivity index (χ2n) is 7.47. The number of aromatic nitrogens is 4. The molecule has 2 N–H and O–H groups in total. The second kappa shape index (κ2) is 11.0. The van der Waals surface area contributed by atoms with Gasteiger partial charge in [0, 0.05) is 13.1 Å². The minimum Gasteiger partial charge on any atom is -0.484 e. The second-order valence-corrected chi connectivity index (χ2v) is 8.70. The highest BCUT2D eigenvalue weighted by atomic mass is 32.2. The molecule has 0 radical (unpaired) electrons. The van der Waals surface area contributed by atoms with Crippen LogP contribution in [0.5, 0.6) is 5.75 Å². The Morgan fingerprint density at radius 2 is 1.94 bits per heavy atom. The Bertz CT molecular complexity index is 1240. The first-order chi connectivity index (χ1) is 16.2. The first-order valence-corrected chi connectivity index (χ1v) is 12.1. The van der Waals surface area contributed by atoms with Gasteiger partial charge in [0.2, 0.25) is 0 Å². The van der Waals surface area contributed by atoms with Crippen molar-refractivity contribution in [3.63, 3.8) is 0 Å². The van der Waals surface area contributed by atoms with Crippen LogP contribution in [-0.2, 0) is 11.3 Å². The number of anilines is 1. The van der Waals surface area contributed by atoms with Crippen molar-refractivity contribution < 1.29 is 9.53 Å². The highest BCUT2D eigenvalue weighted by molar-refractivity contribution is 7.99. The van der Waals surface area contributed by atoms with E-state index in [1.165, 1.54) is 0 Å². The van der Waals surface area contributed by atoms with Crippen LogP contribution in [0.1, 0.15) is 20.3 Å². The summed E-state index contributed by atoms with van der Waals surface area (Å²) in [6, 6.07) is 13.8. The van der Waals surface area contributed by atoms with Gasteiger partial charge >= 0.3 is 0 Å². The van der Waals surface area contributed by atoms with E-state index < -0.39 is 0 Å². The molecule has 4 rings (SSSR count). The number of amides is 1. The Hall–Kier alpha value is -3.33. The number of hydrogen-bond donors (Lipinski definition) is 2. The summed E-state index contributed by atoms with van der Waals surface area (Å²) in [5, 5.41) is 14.5. The maximum atomic E-state index is 12.3. The Kier molecular flexibility index (Phi) is 7.62. The molecule has 0 fully saturated rings. The number of ether oxygens (including phenoxy) is 1. The monoisotopic (exact) mass is 464 g/mol. The lowest BCUT2D eigenvalue weighted by Gasteiger charge is -2.10. The average molecular weight is 465 g/mol. The van der Waals surface area contributed by atoms with Crippen LogP contribution >= 0.6 is 11.8 Å². The van der Waals surface area contributed by atoms with Crippen LogP contribution in [0.3, 0.4) is 0 Å². The van der Waals surface area contributed by atoms with E-state index in [1.807, 2.05) is 42.5 Å². The Morgan fingerprint density at radius 3 is 2.76 bits per heavy atom. The minimum absolute atomic E-state index is 0.0389.